The van der Waals surface area contributed by atoms with E-state index < -0.39 is 17.2 Å². The van der Waals surface area contributed by atoms with Crippen LogP contribution in [0.1, 0.15) is 31.3 Å². The fourth-order valence-corrected chi connectivity index (χ4v) is 2.00. The molecule has 0 spiro atoms. The molecule has 1 aromatic heterocycles. The number of ether oxygens (including phenoxy) is 1. The fourth-order valence-electron chi connectivity index (χ4n) is 2.00. The number of hydrogen-bond acceptors (Lipinski definition) is 4. The minimum absolute atomic E-state index is 0.189. The number of rotatable bonds is 6. The van der Waals surface area contributed by atoms with Gasteiger partial charge in [0, 0.05) is 6.54 Å². The van der Waals surface area contributed by atoms with E-state index in [1.54, 1.807) is 6.92 Å². The van der Waals surface area contributed by atoms with Crippen LogP contribution in [0.25, 0.3) is 5.69 Å². The van der Waals surface area contributed by atoms with Gasteiger partial charge in [-0.25, -0.2) is 9.07 Å². The van der Waals surface area contributed by atoms with E-state index >= 15 is 0 Å². The zero-order chi connectivity index (χ0) is 17.7. The second-order valence-electron chi connectivity index (χ2n) is 5.62. The first-order valence-electron chi connectivity index (χ1n) is 7.73. The molecule has 0 radical (unpaired) electrons. The third-order valence-corrected chi connectivity index (χ3v) is 3.15. The summed E-state index contributed by atoms with van der Waals surface area (Å²) in [6.07, 6.45) is 0. The van der Waals surface area contributed by atoms with Gasteiger partial charge < -0.3 is 10.1 Å². The van der Waals surface area contributed by atoms with Crippen LogP contribution in [-0.2, 0) is 0 Å². The molecule has 0 aliphatic carbocycles. The van der Waals surface area contributed by atoms with Crippen molar-refractivity contribution in [2.75, 3.05) is 13.2 Å². The first-order chi connectivity index (χ1) is 11.4. The van der Waals surface area contributed by atoms with Gasteiger partial charge in [-0.3, -0.25) is 9.59 Å². The Morgan fingerprint density at radius 2 is 2.00 bits per heavy atom. The molecule has 1 N–H and O–H groups in total. The van der Waals surface area contributed by atoms with Crippen LogP contribution in [0.4, 0.5) is 4.39 Å². The minimum atomic E-state index is -0.549. The summed E-state index contributed by atoms with van der Waals surface area (Å²) in [6.45, 7) is 6.42. The summed E-state index contributed by atoms with van der Waals surface area (Å²) in [5.74, 6) is -0.509. The van der Waals surface area contributed by atoms with Crippen molar-refractivity contribution < 1.29 is 13.9 Å². The van der Waals surface area contributed by atoms with Gasteiger partial charge in [-0.1, -0.05) is 13.8 Å². The molecule has 1 heterocycles. The molecule has 0 bridgehead atoms. The Hall–Kier alpha value is -2.70. The molecule has 2 rings (SSSR count). The number of hydrogen-bond donors (Lipinski definition) is 1. The van der Waals surface area contributed by atoms with Gasteiger partial charge >= 0.3 is 0 Å². The average molecular weight is 333 g/mol. The fraction of sp³-hybridized carbons (Fsp3) is 0.353. The van der Waals surface area contributed by atoms with E-state index in [0.717, 1.165) is 0 Å². The van der Waals surface area contributed by atoms with Crippen molar-refractivity contribution in [1.29, 1.82) is 0 Å². The van der Waals surface area contributed by atoms with Crippen LogP contribution in [-0.4, -0.2) is 28.8 Å². The third kappa shape index (κ3) is 4.18. The lowest BCUT2D eigenvalue weighted by Gasteiger charge is -2.14. The van der Waals surface area contributed by atoms with E-state index in [0.29, 0.717) is 18.8 Å². The highest BCUT2D eigenvalue weighted by Gasteiger charge is 2.17. The van der Waals surface area contributed by atoms with E-state index in [1.165, 1.54) is 35.0 Å². The van der Waals surface area contributed by atoms with Crippen molar-refractivity contribution in [3.05, 3.63) is 52.1 Å². The first kappa shape index (κ1) is 17.7. The van der Waals surface area contributed by atoms with Gasteiger partial charge in [0.05, 0.1) is 18.4 Å². The van der Waals surface area contributed by atoms with E-state index in [2.05, 4.69) is 10.4 Å². The maximum absolute atomic E-state index is 13.1. The van der Waals surface area contributed by atoms with Crippen LogP contribution >= 0.6 is 0 Å². The average Bonchev–Trinajstić information content (AvgIpc) is 2.54. The topological polar surface area (TPSA) is 73.2 Å². The Labute approximate surface area is 139 Å². The molecule has 128 valence electrons. The number of carbonyl (C=O) groups excluding carboxylic acids is 1. The van der Waals surface area contributed by atoms with E-state index in [1.807, 2.05) is 13.8 Å². The number of benzene rings is 1. The van der Waals surface area contributed by atoms with Gasteiger partial charge in [-0.05, 0) is 37.1 Å². The number of carbonyl (C=O) groups is 1. The lowest BCUT2D eigenvalue weighted by molar-refractivity contribution is 0.0940. The Balaban J connectivity index is 2.47. The van der Waals surface area contributed by atoms with Crippen molar-refractivity contribution in [1.82, 2.24) is 15.1 Å². The summed E-state index contributed by atoms with van der Waals surface area (Å²) in [5, 5.41) is 6.78. The van der Waals surface area contributed by atoms with Gasteiger partial charge in [-0.15, -0.1) is 0 Å². The van der Waals surface area contributed by atoms with Crippen molar-refractivity contribution in [3.63, 3.8) is 0 Å². The normalized spacial score (nSPS) is 10.7. The predicted octanol–water partition coefficient (Wildman–Crippen LogP) is 2.16. The third-order valence-electron chi connectivity index (χ3n) is 3.15. The van der Waals surface area contributed by atoms with Crippen molar-refractivity contribution in [3.8, 4) is 11.6 Å². The largest absolute Gasteiger partial charge is 0.478 e. The van der Waals surface area contributed by atoms with E-state index in [4.69, 9.17) is 4.74 Å². The lowest BCUT2D eigenvalue weighted by atomic mass is 10.2. The number of amides is 1. The van der Waals surface area contributed by atoms with Gasteiger partial charge in [0.2, 0.25) is 11.3 Å². The Morgan fingerprint density at radius 1 is 1.33 bits per heavy atom. The molecular formula is C17H20FN3O3. The molecule has 1 aromatic carbocycles. The highest BCUT2D eigenvalue weighted by Crippen LogP contribution is 2.16. The number of nitrogens with zero attached hydrogens (tertiary/aromatic N) is 2. The molecule has 0 atom stereocenters. The molecule has 1 amide bonds. The van der Waals surface area contributed by atoms with E-state index in [-0.39, 0.29) is 17.5 Å². The second kappa shape index (κ2) is 7.72. The monoisotopic (exact) mass is 333 g/mol. The highest BCUT2D eigenvalue weighted by atomic mass is 19.1. The van der Waals surface area contributed by atoms with Crippen LogP contribution in [0.3, 0.4) is 0 Å². The van der Waals surface area contributed by atoms with Crippen molar-refractivity contribution in [2.45, 2.75) is 20.8 Å². The van der Waals surface area contributed by atoms with E-state index in [9.17, 15) is 14.0 Å². The molecule has 0 unspecified atom stereocenters. The number of aromatic nitrogens is 2. The predicted molar refractivity (Wildman–Crippen MR) is 88.1 cm³/mol. The summed E-state index contributed by atoms with van der Waals surface area (Å²) in [6, 6.07) is 6.73. The molecule has 0 saturated carbocycles. The SMILES string of the molecule is CCOc1cc(=O)c(C(=O)NCC(C)C)nn1-c1ccc(F)cc1. The molecule has 0 aliphatic rings. The molecule has 0 aliphatic heterocycles. The molecule has 7 heteroatoms. The maximum atomic E-state index is 13.1. The quantitative estimate of drug-likeness (QED) is 0.879. The summed E-state index contributed by atoms with van der Waals surface area (Å²) in [7, 11) is 0. The van der Waals surface area contributed by atoms with Crippen molar-refractivity contribution in [2.24, 2.45) is 5.92 Å². The smallest absolute Gasteiger partial charge is 0.275 e. The summed E-state index contributed by atoms with van der Waals surface area (Å²) >= 11 is 0. The first-order valence-corrected chi connectivity index (χ1v) is 7.73. The highest BCUT2D eigenvalue weighted by molar-refractivity contribution is 5.92. The number of halogens is 1. The summed E-state index contributed by atoms with van der Waals surface area (Å²) < 4.78 is 19.8. The lowest BCUT2D eigenvalue weighted by Crippen LogP contribution is -2.33. The van der Waals surface area contributed by atoms with Gasteiger partial charge in [-0.2, -0.15) is 5.10 Å². The van der Waals surface area contributed by atoms with Crippen LogP contribution < -0.4 is 15.5 Å². The standard InChI is InChI=1S/C17H20FN3O3/c1-4-24-15-9-14(22)16(17(23)19-10-11(2)3)20-21(15)13-7-5-12(18)6-8-13/h5-9,11H,4,10H2,1-3H3,(H,19,23). The number of nitrogens with one attached hydrogen (secondary N) is 1. The molecule has 6 nitrogen and oxygen atoms in total. The summed E-state index contributed by atoms with van der Waals surface area (Å²) in [4.78, 5) is 24.4. The van der Waals surface area contributed by atoms with Gasteiger partial charge in [0.1, 0.15) is 5.82 Å². The van der Waals surface area contributed by atoms with Gasteiger partial charge in [0.15, 0.2) is 5.69 Å². The maximum Gasteiger partial charge on any atom is 0.275 e. The minimum Gasteiger partial charge on any atom is -0.478 e. The van der Waals surface area contributed by atoms with Crippen molar-refractivity contribution >= 4 is 5.91 Å². The zero-order valence-electron chi connectivity index (χ0n) is 13.9. The Kier molecular flexibility index (Phi) is 5.68. The Morgan fingerprint density at radius 3 is 2.58 bits per heavy atom. The van der Waals surface area contributed by atoms with Crippen LogP contribution in [0.15, 0.2) is 35.1 Å². The second-order valence-corrected chi connectivity index (χ2v) is 5.62. The molecule has 0 fully saturated rings. The zero-order valence-corrected chi connectivity index (χ0v) is 13.9. The Bertz CT molecular complexity index is 770. The van der Waals surface area contributed by atoms with Crippen LogP contribution in [0.5, 0.6) is 5.88 Å². The summed E-state index contributed by atoms with van der Waals surface area (Å²) in [5.41, 5.74) is -0.278. The molecule has 24 heavy (non-hydrogen) atoms. The molecule has 0 saturated heterocycles. The van der Waals surface area contributed by atoms with Gasteiger partial charge in [0.25, 0.3) is 5.91 Å². The molecule has 2 aromatic rings. The molecular weight excluding hydrogens is 313 g/mol. The van der Waals surface area contributed by atoms with Crippen LogP contribution in [0.2, 0.25) is 0 Å². The van der Waals surface area contributed by atoms with Crippen LogP contribution in [0, 0.1) is 11.7 Å².